The summed E-state index contributed by atoms with van der Waals surface area (Å²) in [5.41, 5.74) is 2.08. The van der Waals surface area contributed by atoms with E-state index in [1.807, 2.05) is 49.3 Å². The van der Waals surface area contributed by atoms with Gasteiger partial charge in [-0.15, -0.1) is 22.9 Å². The number of nitrogens with one attached hydrogen (secondary N) is 1. The third-order valence-corrected chi connectivity index (χ3v) is 4.69. The number of rotatable bonds is 7. The van der Waals surface area contributed by atoms with Crippen LogP contribution < -0.4 is 17.7 Å². The van der Waals surface area contributed by atoms with E-state index in [1.54, 1.807) is 6.92 Å². The van der Waals surface area contributed by atoms with Gasteiger partial charge in [-0.25, -0.2) is 4.79 Å². The molecule has 0 atom stereocenters. The minimum Gasteiger partial charge on any atom is -1.00 e. The zero-order valence-electron chi connectivity index (χ0n) is 14.8. The van der Waals surface area contributed by atoms with E-state index in [-0.39, 0.29) is 30.8 Å². The third-order valence-electron chi connectivity index (χ3n) is 3.36. The molecule has 26 heavy (non-hydrogen) atoms. The van der Waals surface area contributed by atoms with E-state index in [0.717, 1.165) is 16.0 Å². The number of halogens is 2. The second kappa shape index (κ2) is 10.5. The molecule has 0 bridgehead atoms. The van der Waals surface area contributed by atoms with Crippen molar-refractivity contribution in [1.82, 2.24) is 4.90 Å². The number of thiophene rings is 1. The summed E-state index contributed by atoms with van der Waals surface area (Å²) in [4.78, 5) is 27.4. The van der Waals surface area contributed by atoms with Crippen molar-refractivity contribution in [3.8, 4) is 11.1 Å². The molecule has 0 aliphatic carbocycles. The molecular weight excluding hydrogens is 395 g/mol. The standard InChI is InChI=1S/C18H21ClN2O3S.ClH/c1-4-24-18(23)16-15(12-8-6-5-7-9-12)13(11-21(2)3)25-17(16)20-14(22)10-19;/h5-9H,4,10-11H2,1-3H3,(H,20,22);1H/p-1. The molecule has 1 N–H and O–H groups in total. The normalized spacial score (nSPS) is 10.3. The van der Waals surface area contributed by atoms with Gasteiger partial charge in [-0.05, 0) is 26.6 Å². The highest BCUT2D eigenvalue weighted by atomic mass is 35.5. The maximum absolute atomic E-state index is 12.6. The monoisotopic (exact) mass is 415 g/mol. The van der Waals surface area contributed by atoms with Gasteiger partial charge in [0.15, 0.2) is 0 Å². The van der Waals surface area contributed by atoms with Crippen molar-refractivity contribution in [1.29, 1.82) is 0 Å². The number of amides is 1. The Kier molecular flexibility index (Phi) is 9.08. The number of benzene rings is 1. The molecule has 8 heteroatoms. The average molecular weight is 416 g/mol. The van der Waals surface area contributed by atoms with Crippen LogP contribution in [0.4, 0.5) is 5.00 Å². The molecular formula is C18H21Cl2N2O3S-. The summed E-state index contributed by atoms with van der Waals surface area (Å²) in [5, 5.41) is 3.20. The summed E-state index contributed by atoms with van der Waals surface area (Å²) < 4.78 is 5.23. The molecule has 142 valence electrons. The van der Waals surface area contributed by atoms with E-state index in [4.69, 9.17) is 16.3 Å². The highest BCUT2D eigenvalue weighted by Crippen LogP contribution is 2.41. The van der Waals surface area contributed by atoms with Crippen LogP contribution >= 0.6 is 22.9 Å². The van der Waals surface area contributed by atoms with Crippen LogP contribution in [0.25, 0.3) is 11.1 Å². The molecule has 0 aliphatic rings. The van der Waals surface area contributed by atoms with Crippen LogP contribution in [-0.2, 0) is 16.1 Å². The average Bonchev–Trinajstić information content (AvgIpc) is 2.92. The Balaban J connectivity index is 0.00000338. The number of hydrogen-bond donors (Lipinski definition) is 1. The summed E-state index contributed by atoms with van der Waals surface area (Å²) in [7, 11) is 3.91. The first-order valence-corrected chi connectivity index (χ1v) is 9.21. The maximum atomic E-state index is 12.6. The van der Waals surface area contributed by atoms with Gasteiger partial charge in [0.2, 0.25) is 5.91 Å². The molecule has 1 aromatic heterocycles. The van der Waals surface area contributed by atoms with Crippen molar-refractivity contribution in [2.45, 2.75) is 13.5 Å². The Morgan fingerprint density at radius 2 is 1.88 bits per heavy atom. The molecule has 0 saturated carbocycles. The van der Waals surface area contributed by atoms with Crippen LogP contribution in [-0.4, -0.2) is 43.4 Å². The van der Waals surface area contributed by atoms with Crippen molar-refractivity contribution in [2.24, 2.45) is 0 Å². The quantitative estimate of drug-likeness (QED) is 0.537. The lowest BCUT2D eigenvalue weighted by Gasteiger charge is -2.12. The number of carbonyl (C=O) groups is 2. The van der Waals surface area contributed by atoms with Crippen LogP contribution in [0, 0.1) is 0 Å². The first-order valence-electron chi connectivity index (χ1n) is 7.86. The molecule has 2 aromatic rings. The predicted molar refractivity (Wildman–Crippen MR) is 102 cm³/mol. The van der Waals surface area contributed by atoms with Crippen LogP contribution in [0.3, 0.4) is 0 Å². The predicted octanol–water partition coefficient (Wildman–Crippen LogP) is 0.835. The Bertz CT molecular complexity index is 748. The second-order valence-electron chi connectivity index (χ2n) is 5.61. The fourth-order valence-electron chi connectivity index (χ4n) is 2.43. The molecule has 0 fully saturated rings. The molecule has 1 amide bonds. The topological polar surface area (TPSA) is 58.6 Å². The summed E-state index contributed by atoms with van der Waals surface area (Å²) in [5.74, 6) is -0.985. The van der Waals surface area contributed by atoms with Gasteiger partial charge in [0.05, 0.1) is 6.61 Å². The Morgan fingerprint density at radius 1 is 1.23 bits per heavy atom. The Morgan fingerprint density at radius 3 is 2.42 bits per heavy atom. The van der Waals surface area contributed by atoms with E-state index in [1.165, 1.54) is 11.3 Å². The second-order valence-corrected chi connectivity index (χ2v) is 6.98. The molecule has 1 aromatic carbocycles. The SMILES string of the molecule is CCOC(=O)c1c(NC(=O)CCl)sc(CN(C)C)c1-c1ccccc1.[Cl-]. The zero-order chi connectivity index (χ0) is 18.4. The van der Waals surface area contributed by atoms with Crippen LogP contribution in [0.1, 0.15) is 22.2 Å². The van der Waals surface area contributed by atoms with E-state index in [2.05, 4.69) is 5.32 Å². The number of alkyl halides is 1. The molecule has 0 radical (unpaired) electrons. The van der Waals surface area contributed by atoms with Crippen LogP contribution in [0.15, 0.2) is 30.3 Å². The molecule has 0 unspecified atom stereocenters. The first-order chi connectivity index (χ1) is 12.0. The molecule has 5 nitrogen and oxygen atoms in total. The highest BCUT2D eigenvalue weighted by molar-refractivity contribution is 7.17. The fraction of sp³-hybridized carbons (Fsp3) is 0.333. The number of anilines is 1. The van der Waals surface area contributed by atoms with E-state index >= 15 is 0 Å². The van der Waals surface area contributed by atoms with E-state index in [9.17, 15) is 9.59 Å². The number of ether oxygens (including phenoxy) is 1. The smallest absolute Gasteiger partial charge is 0.341 e. The number of carbonyl (C=O) groups excluding carboxylic acids is 2. The van der Waals surface area contributed by atoms with Gasteiger partial charge in [0, 0.05) is 17.0 Å². The Labute approximate surface area is 168 Å². The largest absolute Gasteiger partial charge is 1.00 e. The first kappa shape index (κ1) is 22.4. The van der Waals surface area contributed by atoms with Crippen molar-refractivity contribution in [2.75, 3.05) is 31.9 Å². The van der Waals surface area contributed by atoms with Crippen molar-refractivity contribution >= 4 is 39.8 Å². The fourth-order valence-corrected chi connectivity index (χ4v) is 3.84. The van der Waals surface area contributed by atoms with Gasteiger partial charge in [-0.3, -0.25) is 4.79 Å². The number of hydrogen-bond acceptors (Lipinski definition) is 5. The van der Waals surface area contributed by atoms with Crippen LogP contribution in [0.5, 0.6) is 0 Å². The third kappa shape index (κ3) is 5.45. The van der Waals surface area contributed by atoms with Crippen molar-refractivity contribution in [3.63, 3.8) is 0 Å². The van der Waals surface area contributed by atoms with Gasteiger partial charge < -0.3 is 27.4 Å². The van der Waals surface area contributed by atoms with Crippen LogP contribution in [0.2, 0.25) is 0 Å². The van der Waals surface area contributed by atoms with Crippen molar-refractivity contribution < 1.29 is 26.7 Å². The van der Waals surface area contributed by atoms with Gasteiger partial charge in [-0.1, -0.05) is 30.3 Å². The summed E-state index contributed by atoms with van der Waals surface area (Å²) in [6, 6.07) is 9.63. The van der Waals surface area contributed by atoms with E-state index in [0.29, 0.717) is 17.1 Å². The van der Waals surface area contributed by atoms with Gasteiger partial charge in [-0.2, -0.15) is 0 Å². The summed E-state index contributed by atoms with van der Waals surface area (Å²) in [6.45, 7) is 2.65. The maximum Gasteiger partial charge on any atom is 0.341 e. The van der Waals surface area contributed by atoms with Crippen molar-refractivity contribution in [3.05, 3.63) is 40.8 Å². The minimum absolute atomic E-state index is 0. The lowest BCUT2D eigenvalue weighted by Crippen LogP contribution is -3.00. The lowest BCUT2D eigenvalue weighted by molar-refractivity contribution is -0.113. The van der Waals surface area contributed by atoms with Gasteiger partial charge in [0.25, 0.3) is 0 Å². The van der Waals surface area contributed by atoms with E-state index < -0.39 is 5.97 Å². The molecule has 2 rings (SSSR count). The molecule has 1 heterocycles. The summed E-state index contributed by atoms with van der Waals surface area (Å²) in [6.07, 6.45) is 0. The molecule has 0 aliphatic heterocycles. The Hall–Kier alpha value is -1.60. The minimum atomic E-state index is -0.451. The lowest BCUT2D eigenvalue weighted by atomic mass is 10.0. The zero-order valence-corrected chi connectivity index (χ0v) is 17.2. The van der Waals surface area contributed by atoms with Gasteiger partial charge >= 0.3 is 5.97 Å². The summed E-state index contributed by atoms with van der Waals surface area (Å²) >= 11 is 6.99. The molecule has 0 spiro atoms. The molecule has 0 saturated heterocycles. The highest BCUT2D eigenvalue weighted by Gasteiger charge is 2.27. The number of esters is 1. The van der Waals surface area contributed by atoms with Gasteiger partial charge in [0.1, 0.15) is 16.4 Å². The number of nitrogens with zero attached hydrogens (tertiary/aromatic N) is 1.